The van der Waals surface area contributed by atoms with E-state index in [1.807, 2.05) is 53.9 Å². The van der Waals surface area contributed by atoms with Crippen LogP contribution in [0.4, 0.5) is 10.7 Å². The van der Waals surface area contributed by atoms with Gasteiger partial charge in [0.15, 0.2) is 0 Å². The van der Waals surface area contributed by atoms with E-state index in [1.165, 1.54) is 7.11 Å². The molecular weight excluding hydrogens is 302 g/mol. The van der Waals surface area contributed by atoms with Crippen molar-refractivity contribution in [2.45, 2.75) is 0 Å². The number of thiophene rings is 2. The Morgan fingerprint density at radius 2 is 1.95 bits per heavy atom. The number of anilines is 2. The van der Waals surface area contributed by atoms with Gasteiger partial charge in [0.2, 0.25) is 0 Å². The summed E-state index contributed by atoms with van der Waals surface area (Å²) in [5.41, 5.74) is 1.59. The van der Waals surface area contributed by atoms with Gasteiger partial charge in [0, 0.05) is 10.6 Å². The largest absolute Gasteiger partial charge is 0.465 e. The van der Waals surface area contributed by atoms with Crippen molar-refractivity contribution >= 4 is 39.3 Å². The fourth-order valence-corrected chi connectivity index (χ4v) is 3.90. The number of esters is 1. The molecule has 0 saturated carbocycles. The first-order chi connectivity index (χ1) is 10.3. The van der Waals surface area contributed by atoms with Crippen LogP contribution in [-0.4, -0.2) is 13.1 Å². The number of nitrogens with one attached hydrogen (secondary N) is 1. The average molecular weight is 315 g/mol. The third-order valence-electron chi connectivity index (χ3n) is 2.92. The minimum Gasteiger partial charge on any atom is -0.465 e. The Labute approximate surface area is 130 Å². The first kappa shape index (κ1) is 13.9. The Morgan fingerprint density at radius 3 is 2.62 bits per heavy atom. The van der Waals surface area contributed by atoms with Crippen LogP contribution in [0.15, 0.2) is 53.9 Å². The predicted octanol–water partition coefficient (Wildman–Crippen LogP) is 5.01. The fraction of sp³-hybridized carbons (Fsp3) is 0.0625. The number of benzene rings is 1. The van der Waals surface area contributed by atoms with Crippen molar-refractivity contribution in [3.05, 3.63) is 59.5 Å². The molecule has 0 unspecified atom stereocenters. The van der Waals surface area contributed by atoms with Gasteiger partial charge in [-0.2, -0.15) is 0 Å². The van der Waals surface area contributed by atoms with Gasteiger partial charge in [-0.15, -0.1) is 22.7 Å². The third kappa shape index (κ3) is 2.99. The van der Waals surface area contributed by atoms with E-state index in [-0.39, 0.29) is 5.97 Å². The summed E-state index contributed by atoms with van der Waals surface area (Å²) < 4.78 is 4.88. The van der Waals surface area contributed by atoms with Gasteiger partial charge >= 0.3 is 5.97 Å². The van der Waals surface area contributed by atoms with Crippen molar-refractivity contribution in [3.63, 3.8) is 0 Å². The maximum absolute atomic E-state index is 12.0. The second-order valence-electron chi connectivity index (χ2n) is 4.31. The molecular formula is C16H13NO2S2. The molecule has 0 saturated heterocycles. The molecule has 0 spiro atoms. The molecule has 0 atom stereocenters. The van der Waals surface area contributed by atoms with Gasteiger partial charge in [0.25, 0.3) is 0 Å². The van der Waals surface area contributed by atoms with Gasteiger partial charge in [-0.25, -0.2) is 4.79 Å². The smallest absolute Gasteiger partial charge is 0.339 e. The number of hydrogen-bond acceptors (Lipinski definition) is 5. The minimum absolute atomic E-state index is 0.309. The summed E-state index contributed by atoms with van der Waals surface area (Å²) in [6.45, 7) is 0. The summed E-state index contributed by atoms with van der Waals surface area (Å²) in [5.74, 6) is -0.309. The van der Waals surface area contributed by atoms with E-state index >= 15 is 0 Å². The lowest BCUT2D eigenvalue weighted by Crippen LogP contribution is -2.00. The standard InChI is InChI=1S/C16H13NO2S2/c1-19-16(18)12-10-14(17-11-6-3-2-4-7-11)21-15(12)13-8-5-9-20-13/h2-10,17H,1H3. The molecule has 0 fully saturated rings. The lowest BCUT2D eigenvalue weighted by atomic mass is 10.2. The number of carbonyl (C=O) groups is 1. The zero-order valence-corrected chi connectivity index (χ0v) is 13.0. The normalized spacial score (nSPS) is 10.3. The molecule has 0 bridgehead atoms. The monoisotopic (exact) mass is 315 g/mol. The maximum atomic E-state index is 12.0. The van der Waals surface area contributed by atoms with Crippen molar-refractivity contribution in [1.29, 1.82) is 0 Å². The van der Waals surface area contributed by atoms with Crippen LogP contribution in [0.5, 0.6) is 0 Å². The van der Waals surface area contributed by atoms with Crippen LogP contribution in [0.3, 0.4) is 0 Å². The molecule has 3 rings (SSSR count). The summed E-state index contributed by atoms with van der Waals surface area (Å²) in [6, 6.07) is 15.7. The Balaban J connectivity index is 1.98. The Kier molecular flexibility index (Phi) is 4.03. The molecule has 106 valence electrons. The second-order valence-corrected chi connectivity index (χ2v) is 6.31. The van der Waals surface area contributed by atoms with Crippen molar-refractivity contribution < 1.29 is 9.53 Å². The number of methoxy groups -OCH3 is 1. The lowest BCUT2D eigenvalue weighted by molar-refractivity contribution is 0.0602. The van der Waals surface area contributed by atoms with Crippen molar-refractivity contribution in [2.75, 3.05) is 12.4 Å². The molecule has 21 heavy (non-hydrogen) atoms. The summed E-state index contributed by atoms with van der Waals surface area (Å²) in [4.78, 5) is 14.0. The molecule has 0 aliphatic heterocycles. The van der Waals surface area contributed by atoms with E-state index in [4.69, 9.17) is 4.74 Å². The molecule has 0 amide bonds. The quantitative estimate of drug-likeness (QED) is 0.688. The fourth-order valence-electron chi connectivity index (χ4n) is 1.97. The first-order valence-electron chi connectivity index (χ1n) is 6.36. The van der Waals surface area contributed by atoms with Gasteiger partial charge in [-0.3, -0.25) is 0 Å². The number of ether oxygens (including phenoxy) is 1. The molecule has 0 radical (unpaired) electrons. The number of rotatable bonds is 4. The topological polar surface area (TPSA) is 38.3 Å². The van der Waals surface area contributed by atoms with E-state index < -0.39 is 0 Å². The van der Waals surface area contributed by atoms with E-state index in [2.05, 4.69) is 5.32 Å². The highest BCUT2D eigenvalue weighted by Crippen LogP contribution is 2.39. The molecule has 3 aromatic rings. The first-order valence-corrected chi connectivity index (χ1v) is 8.05. The van der Waals surface area contributed by atoms with E-state index in [0.717, 1.165) is 20.4 Å². The number of para-hydroxylation sites is 1. The molecule has 0 aliphatic carbocycles. The van der Waals surface area contributed by atoms with Crippen molar-refractivity contribution in [1.82, 2.24) is 0 Å². The molecule has 1 N–H and O–H groups in total. The van der Waals surface area contributed by atoms with Crippen LogP contribution in [0.25, 0.3) is 9.75 Å². The minimum atomic E-state index is -0.309. The van der Waals surface area contributed by atoms with Gasteiger partial charge in [0.05, 0.1) is 22.6 Å². The summed E-state index contributed by atoms with van der Waals surface area (Å²) in [6.07, 6.45) is 0. The highest BCUT2D eigenvalue weighted by Gasteiger charge is 2.18. The highest BCUT2D eigenvalue weighted by molar-refractivity contribution is 7.24. The maximum Gasteiger partial charge on any atom is 0.339 e. The molecule has 2 aromatic heterocycles. The molecule has 3 nitrogen and oxygen atoms in total. The summed E-state index contributed by atoms with van der Waals surface area (Å²) in [7, 11) is 1.41. The SMILES string of the molecule is COC(=O)c1cc(Nc2ccccc2)sc1-c1cccs1. The van der Waals surface area contributed by atoms with Gasteiger partial charge in [0.1, 0.15) is 0 Å². The molecule has 2 heterocycles. The van der Waals surface area contributed by atoms with Crippen LogP contribution < -0.4 is 5.32 Å². The van der Waals surface area contributed by atoms with E-state index in [9.17, 15) is 4.79 Å². The Bertz CT molecular complexity index is 733. The van der Waals surface area contributed by atoms with Crippen LogP contribution in [0, 0.1) is 0 Å². The number of carbonyl (C=O) groups excluding carboxylic acids is 1. The lowest BCUT2D eigenvalue weighted by Gasteiger charge is -2.01. The van der Waals surface area contributed by atoms with Crippen LogP contribution in [0.2, 0.25) is 0 Å². The highest BCUT2D eigenvalue weighted by atomic mass is 32.1. The van der Waals surface area contributed by atoms with Gasteiger partial charge < -0.3 is 10.1 Å². The van der Waals surface area contributed by atoms with E-state index in [1.54, 1.807) is 22.7 Å². The summed E-state index contributed by atoms with van der Waals surface area (Å²) >= 11 is 3.17. The van der Waals surface area contributed by atoms with Gasteiger partial charge in [-0.05, 0) is 29.6 Å². The zero-order valence-electron chi connectivity index (χ0n) is 11.3. The van der Waals surface area contributed by atoms with E-state index in [0.29, 0.717) is 5.56 Å². The van der Waals surface area contributed by atoms with Crippen LogP contribution >= 0.6 is 22.7 Å². The molecule has 1 aromatic carbocycles. The third-order valence-corrected chi connectivity index (χ3v) is 5.02. The molecule has 5 heteroatoms. The van der Waals surface area contributed by atoms with Crippen LogP contribution in [0.1, 0.15) is 10.4 Å². The summed E-state index contributed by atoms with van der Waals surface area (Å²) in [5, 5.41) is 6.24. The van der Waals surface area contributed by atoms with Crippen LogP contribution in [-0.2, 0) is 4.74 Å². The van der Waals surface area contributed by atoms with Crippen molar-refractivity contribution in [3.8, 4) is 9.75 Å². The zero-order chi connectivity index (χ0) is 14.7. The second kappa shape index (κ2) is 6.11. The Hall–Kier alpha value is -2.11. The predicted molar refractivity (Wildman–Crippen MR) is 88.7 cm³/mol. The number of hydrogen-bond donors (Lipinski definition) is 1. The Morgan fingerprint density at radius 1 is 1.14 bits per heavy atom. The molecule has 0 aliphatic rings. The van der Waals surface area contributed by atoms with Crippen molar-refractivity contribution in [2.24, 2.45) is 0 Å². The average Bonchev–Trinajstić information content (AvgIpc) is 3.16. The van der Waals surface area contributed by atoms with Gasteiger partial charge in [-0.1, -0.05) is 24.3 Å².